The standard InChI is InChI=1S/C21H29FN5O3PS2.H2S/c1-5-13-17(15(22)20(28-13)27-10-26-16-18(23)24-9-25-19(16)27)30-31(32)29-14-8-12(11(2)3)6-7-21(14,4)33-31;/h9-10,12-15,17,20H,2,5-8H2,1,3-4H3,(H2,23,24,25);1H2/t12-,13-,14+,15-,17-,20-,21+,31-;/m1./s1. The zero-order chi connectivity index (χ0) is 23.5. The van der Waals surface area contributed by atoms with Crippen molar-refractivity contribution in [3.05, 3.63) is 24.8 Å². The van der Waals surface area contributed by atoms with E-state index in [0.717, 1.165) is 19.3 Å². The van der Waals surface area contributed by atoms with E-state index in [1.807, 2.05) is 6.92 Å². The topological polar surface area (TPSA) is 97.3 Å². The Morgan fingerprint density at radius 1 is 1.47 bits per heavy atom. The number of nitrogen functional groups attached to an aromatic ring is 1. The Hall–Kier alpha value is -0.750. The van der Waals surface area contributed by atoms with Gasteiger partial charge in [0, 0.05) is 4.75 Å². The number of nitrogens with zero attached hydrogens (tertiary/aromatic N) is 4. The summed E-state index contributed by atoms with van der Waals surface area (Å²) < 4.78 is 36.1. The molecule has 4 heterocycles. The molecule has 1 aliphatic carbocycles. The highest BCUT2D eigenvalue weighted by molar-refractivity contribution is 8.68. The summed E-state index contributed by atoms with van der Waals surface area (Å²) in [6, 6.07) is 0. The molecule has 2 N–H and O–H groups in total. The van der Waals surface area contributed by atoms with E-state index in [4.69, 9.17) is 31.3 Å². The molecule has 2 aromatic heterocycles. The van der Waals surface area contributed by atoms with E-state index >= 15 is 4.39 Å². The Kier molecular flexibility index (Phi) is 7.44. The predicted molar refractivity (Wildman–Crippen MR) is 141 cm³/mol. The van der Waals surface area contributed by atoms with Crippen LogP contribution in [0.15, 0.2) is 24.8 Å². The summed E-state index contributed by atoms with van der Waals surface area (Å²) in [6.45, 7) is 10.3. The molecule has 0 aromatic carbocycles. The lowest BCUT2D eigenvalue weighted by molar-refractivity contribution is -0.0224. The lowest BCUT2D eigenvalue weighted by Crippen LogP contribution is -2.39. The molecule has 5 rings (SSSR count). The number of aromatic nitrogens is 4. The second kappa shape index (κ2) is 9.61. The maximum absolute atomic E-state index is 15.9. The number of anilines is 1. The molecule has 8 nitrogen and oxygen atoms in total. The normalized spacial score (nSPS) is 39.6. The summed E-state index contributed by atoms with van der Waals surface area (Å²) in [7, 11) is 0. The van der Waals surface area contributed by atoms with Gasteiger partial charge >= 0.3 is 0 Å². The molecule has 0 amide bonds. The van der Waals surface area contributed by atoms with Crippen molar-refractivity contribution in [3.63, 3.8) is 0 Å². The maximum atomic E-state index is 15.9. The fraction of sp³-hybridized carbons (Fsp3) is 0.667. The monoisotopic (exact) mass is 547 g/mol. The Morgan fingerprint density at radius 3 is 2.94 bits per heavy atom. The van der Waals surface area contributed by atoms with E-state index in [2.05, 4.69) is 35.4 Å². The summed E-state index contributed by atoms with van der Waals surface area (Å²) in [5.74, 6) is 0.660. The van der Waals surface area contributed by atoms with Crippen molar-refractivity contribution in [1.82, 2.24) is 19.5 Å². The molecule has 13 heteroatoms. The summed E-state index contributed by atoms with van der Waals surface area (Å²) in [4.78, 5) is 12.4. The smallest absolute Gasteiger partial charge is 0.248 e. The third-order valence-electron chi connectivity index (χ3n) is 7.02. The molecule has 0 spiro atoms. The molecular weight excluding hydrogens is 516 g/mol. The zero-order valence-corrected chi connectivity index (χ0v) is 22.9. The molecule has 34 heavy (non-hydrogen) atoms. The second-order valence-electron chi connectivity index (χ2n) is 9.33. The van der Waals surface area contributed by atoms with Crippen molar-refractivity contribution in [2.24, 2.45) is 5.92 Å². The first kappa shape index (κ1) is 26.3. The van der Waals surface area contributed by atoms with Gasteiger partial charge in [-0.25, -0.2) is 19.3 Å². The van der Waals surface area contributed by atoms with Crippen LogP contribution in [-0.4, -0.2) is 48.7 Å². The van der Waals surface area contributed by atoms with E-state index in [1.165, 1.54) is 18.2 Å². The van der Waals surface area contributed by atoms with Crippen molar-refractivity contribution >= 4 is 59.4 Å². The van der Waals surface area contributed by atoms with Crippen LogP contribution in [0.25, 0.3) is 11.2 Å². The highest BCUT2D eigenvalue weighted by Gasteiger charge is 2.56. The summed E-state index contributed by atoms with van der Waals surface area (Å²) in [5, 5.41) is 0. The summed E-state index contributed by atoms with van der Waals surface area (Å²) >= 11 is 7.50. The van der Waals surface area contributed by atoms with Gasteiger partial charge in [-0.15, -0.1) is 0 Å². The minimum absolute atomic E-state index is 0. The molecule has 8 atom stereocenters. The number of hydrogen-bond acceptors (Lipinski definition) is 9. The zero-order valence-electron chi connectivity index (χ0n) is 19.4. The minimum Gasteiger partial charge on any atom is -0.382 e. The second-order valence-corrected chi connectivity index (χ2v) is 15.9. The van der Waals surface area contributed by atoms with Crippen LogP contribution < -0.4 is 5.73 Å². The average Bonchev–Trinajstić information content (AvgIpc) is 3.39. The summed E-state index contributed by atoms with van der Waals surface area (Å²) in [5.41, 5.74) is 5.13. The number of ether oxygens (including phenoxy) is 1. The van der Waals surface area contributed by atoms with Crippen LogP contribution >= 0.6 is 30.6 Å². The Bertz CT molecular complexity index is 1140. The van der Waals surface area contributed by atoms with Gasteiger partial charge in [0.05, 0.1) is 18.5 Å². The number of imidazole rings is 1. The molecule has 188 valence electrons. The molecule has 3 fully saturated rings. The van der Waals surface area contributed by atoms with Crippen LogP contribution in [0.3, 0.4) is 0 Å². The lowest BCUT2D eigenvalue weighted by Gasteiger charge is -2.37. The molecule has 0 radical (unpaired) electrons. The van der Waals surface area contributed by atoms with Crippen molar-refractivity contribution in [3.8, 4) is 0 Å². The number of alkyl halides is 1. The van der Waals surface area contributed by atoms with Crippen LogP contribution in [0.5, 0.6) is 0 Å². The summed E-state index contributed by atoms with van der Waals surface area (Å²) in [6.07, 6.45) is 2.56. The van der Waals surface area contributed by atoms with Crippen LogP contribution in [-0.2, 0) is 25.6 Å². The molecular formula is C21H31FN5O3PS3. The molecule has 2 aliphatic heterocycles. The lowest BCUT2D eigenvalue weighted by atomic mass is 9.77. The molecule has 2 saturated heterocycles. The number of allylic oxidation sites excluding steroid dienone is 1. The molecule has 1 saturated carbocycles. The van der Waals surface area contributed by atoms with E-state index in [1.54, 1.807) is 15.9 Å². The first-order chi connectivity index (χ1) is 15.6. The fourth-order valence-corrected chi connectivity index (χ4v) is 12.5. The number of nitrogens with two attached hydrogens (primary N) is 1. The van der Waals surface area contributed by atoms with Crippen molar-refractivity contribution < 1.29 is 18.2 Å². The third-order valence-corrected chi connectivity index (χ3v) is 12.8. The molecule has 2 aromatic rings. The van der Waals surface area contributed by atoms with Crippen molar-refractivity contribution in [2.75, 3.05) is 5.73 Å². The first-order valence-electron chi connectivity index (χ1n) is 11.2. The van der Waals surface area contributed by atoms with Gasteiger partial charge in [0.15, 0.2) is 23.9 Å². The van der Waals surface area contributed by atoms with E-state index < -0.39 is 30.3 Å². The molecule has 0 bridgehead atoms. The highest BCUT2D eigenvalue weighted by Crippen LogP contribution is 2.76. The van der Waals surface area contributed by atoms with Gasteiger partial charge < -0.3 is 19.5 Å². The van der Waals surface area contributed by atoms with E-state index in [-0.39, 0.29) is 30.2 Å². The Morgan fingerprint density at radius 2 is 2.24 bits per heavy atom. The number of fused-ring (bicyclic) bond motifs is 2. The SMILES string of the molecule is C=C(C)[C@@H]1CC[C@]2(C)S[P@@](=S)(O[C@H]3[C@@H](F)[C@H](n4cnc5c(N)ncnc54)O[C@@H]3CC)O[C@H]2C1.S. The molecule has 3 aliphatic rings. The third kappa shape index (κ3) is 4.44. The first-order valence-corrected chi connectivity index (χ1v) is 15.3. The van der Waals surface area contributed by atoms with Gasteiger partial charge in [-0.1, -0.05) is 30.5 Å². The molecule has 0 unspecified atom stereocenters. The Balaban J connectivity index is 0.00000274. The van der Waals surface area contributed by atoms with Gasteiger partial charge in [-0.3, -0.25) is 4.57 Å². The van der Waals surface area contributed by atoms with Crippen LogP contribution in [0.4, 0.5) is 10.2 Å². The largest absolute Gasteiger partial charge is 0.382 e. The van der Waals surface area contributed by atoms with Gasteiger partial charge in [-0.2, -0.15) is 13.5 Å². The van der Waals surface area contributed by atoms with Gasteiger partial charge in [0.1, 0.15) is 17.9 Å². The predicted octanol–water partition coefficient (Wildman–Crippen LogP) is 5.04. The van der Waals surface area contributed by atoms with Crippen molar-refractivity contribution in [2.45, 2.75) is 81.9 Å². The van der Waals surface area contributed by atoms with Gasteiger partial charge in [0.25, 0.3) is 0 Å². The van der Waals surface area contributed by atoms with Crippen molar-refractivity contribution in [1.29, 1.82) is 0 Å². The number of halogens is 1. The van der Waals surface area contributed by atoms with Crippen LogP contribution in [0.1, 0.15) is 52.7 Å². The van der Waals surface area contributed by atoms with Crippen LogP contribution in [0, 0.1) is 5.92 Å². The number of rotatable bonds is 5. The van der Waals surface area contributed by atoms with Crippen LogP contribution in [0.2, 0.25) is 0 Å². The quantitative estimate of drug-likeness (QED) is 0.408. The fourth-order valence-electron chi connectivity index (χ4n) is 5.01. The van der Waals surface area contributed by atoms with E-state index in [0.29, 0.717) is 23.5 Å². The Labute approximate surface area is 215 Å². The van der Waals surface area contributed by atoms with Gasteiger partial charge in [-0.05, 0) is 57.3 Å². The maximum Gasteiger partial charge on any atom is 0.248 e. The van der Waals surface area contributed by atoms with Gasteiger partial charge in [0.2, 0.25) is 5.69 Å². The highest BCUT2D eigenvalue weighted by atomic mass is 32.9. The van der Waals surface area contributed by atoms with E-state index in [9.17, 15) is 0 Å². The number of hydrogen-bond donors (Lipinski definition) is 1. The minimum atomic E-state index is -2.76. The average molecular weight is 548 g/mol.